The van der Waals surface area contributed by atoms with Crippen LogP contribution in [0.5, 0.6) is 5.75 Å². The molecule has 0 N–H and O–H groups in total. The number of carbonyl (C=O) groups is 3. The van der Waals surface area contributed by atoms with E-state index >= 15 is 0 Å². The summed E-state index contributed by atoms with van der Waals surface area (Å²) in [5.74, 6) is -0.552. The van der Waals surface area contributed by atoms with Crippen LogP contribution in [-0.2, 0) is 9.59 Å². The second-order valence-electron chi connectivity index (χ2n) is 4.50. The van der Waals surface area contributed by atoms with E-state index in [-0.39, 0.29) is 30.2 Å². The molecule has 0 radical (unpaired) electrons. The minimum atomic E-state index is -0.739. The van der Waals surface area contributed by atoms with Gasteiger partial charge in [-0.25, -0.2) is 0 Å². The zero-order valence-corrected chi connectivity index (χ0v) is 11.4. The Morgan fingerprint density at radius 2 is 1.68 bits per heavy atom. The zero-order chi connectivity index (χ0) is 14.4. The van der Waals surface area contributed by atoms with E-state index in [1.165, 1.54) is 13.8 Å². The first-order valence-electron chi connectivity index (χ1n) is 6.14. The Bertz CT molecular complexity index is 473. The van der Waals surface area contributed by atoms with Crippen LogP contribution < -0.4 is 4.74 Å². The Hall–Kier alpha value is -1.97. The topological polar surface area (TPSA) is 60.4 Å². The van der Waals surface area contributed by atoms with Gasteiger partial charge >= 0.3 is 0 Å². The molecule has 1 rings (SSSR count). The van der Waals surface area contributed by atoms with E-state index in [0.717, 1.165) is 0 Å². The molecule has 4 nitrogen and oxygen atoms in total. The maximum Gasteiger partial charge on any atom is 0.173 e. The Kier molecular flexibility index (Phi) is 5.42. The van der Waals surface area contributed by atoms with Crippen LogP contribution in [0.2, 0.25) is 0 Å². The molecule has 102 valence electrons. The van der Waals surface area contributed by atoms with E-state index in [1.807, 2.05) is 0 Å². The second-order valence-corrected chi connectivity index (χ2v) is 4.50. The van der Waals surface area contributed by atoms with Gasteiger partial charge < -0.3 is 9.53 Å². The molecule has 0 fully saturated rings. The SMILES string of the molecule is COc1ccc(C(=O)C(CCC(C)=O)C(C)=O)cc1. The molecule has 0 aromatic heterocycles. The largest absolute Gasteiger partial charge is 0.497 e. The monoisotopic (exact) mass is 262 g/mol. The van der Waals surface area contributed by atoms with Gasteiger partial charge in [-0.3, -0.25) is 9.59 Å². The van der Waals surface area contributed by atoms with Gasteiger partial charge in [0.1, 0.15) is 17.3 Å². The van der Waals surface area contributed by atoms with Gasteiger partial charge in [-0.15, -0.1) is 0 Å². The van der Waals surface area contributed by atoms with Crippen molar-refractivity contribution in [3.05, 3.63) is 29.8 Å². The molecule has 0 aliphatic rings. The minimum absolute atomic E-state index is 0.0196. The van der Waals surface area contributed by atoms with Crippen LogP contribution >= 0.6 is 0 Å². The first-order valence-corrected chi connectivity index (χ1v) is 6.14. The van der Waals surface area contributed by atoms with Crippen molar-refractivity contribution in [2.45, 2.75) is 26.7 Å². The number of ether oxygens (including phenoxy) is 1. The Morgan fingerprint density at radius 1 is 1.11 bits per heavy atom. The van der Waals surface area contributed by atoms with Crippen LogP contribution in [-0.4, -0.2) is 24.5 Å². The van der Waals surface area contributed by atoms with Crippen molar-refractivity contribution in [1.29, 1.82) is 0 Å². The van der Waals surface area contributed by atoms with E-state index < -0.39 is 5.92 Å². The normalized spacial score (nSPS) is 11.7. The molecule has 0 heterocycles. The number of carbonyl (C=O) groups excluding carboxylic acids is 3. The molecule has 0 saturated carbocycles. The minimum Gasteiger partial charge on any atom is -0.497 e. The number of Topliss-reactive ketones (excluding diaryl/α,β-unsaturated/α-hetero) is 3. The van der Waals surface area contributed by atoms with Crippen LogP contribution in [0.15, 0.2) is 24.3 Å². The van der Waals surface area contributed by atoms with Crippen molar-refractivity contribution in [2.24, 2.45) is 5.92 Å². The summed E-state index contributed by atoms with van der Waals surface area (Å²) in [6, 6.07) is 6.61. The molecule has 1 aromatic carbocycles. The first-order chi connectivity index (χ1) is 8.95. The summed E-state index contributed by atoms with van der Waals surface area (Å²) in [6.07, 6.45) is 0.516. The molecule has 0 aliphatic heterocycles. The Balaban J connectivity index is 2.85. The summed E-state index contributed by atoms with van der Waals surface area (Å²) in [7, 11) is 1.54. The number of benzene rings is 1. The molecule has 1 atom stereocenters. The molecule has 4 heteroatoms. The van der Waals surface area contributed by atoms with Crippen molar-refractivity contribution in [3.63, 3.8) is 0 Å². The van der Waals surface area contributed by atoms with E-state index in [4.69, 9.17) is 4.74 Å². The van der Waals surface area contributed by atoms with E-state index in [2.05, 4.69) is 0 Å². The van der Waals surface area contributed by atoms with Crippen LogP contribution in [0, 0.1) is 5.92 Å². The second kappa shape index (κ2) is 6.83. The maximum absolute atomic E-state index is 12.2. The van der Waals surface area contributed by atoms with E-state index in [9.17, 15) is 14.4 Å². The highest BCUT2D eigenvalue weighted by molar-refractivity contribution is 6.10. The molecule has 0 saturated heterocycles. The lowest BCUT2D eigenvalue weighted by Crippen LogP contribution is -2.22. The van der Waals surface area contributed by atoms with Gasteiger partial charge in [0.2, 0.25) is 0 Å². The van der Waals surface area contributed by atoms with Crippen LogP contribution in [0.4, 0.5) is 0 Å². The average Bonchev–Trinajstić information content (AvgIpc) is 2.38. The molecular weight excluding hydrogens is 244 g/mol. The first kappa shape index (κ1) is 15.1. The smallest absolute Gasteiger partial charge is 0.173 e. The summed E-state index contributed by atoms with van der Waals surface area (Å²) >= 11 is 0. The van der Waals surface area contributed by atoms with Crippen molar-refractivity contribution >= 4 is 17.3 Å². The van der Waals surface area contributed by atoms with E-state index in [1.54, 1.807) is 31.4 Å². The highest BCUT2D eigenvalue weighted by Gasteiger charge is 2.24. The maximum atomic E-state index is 12.2. The van der Waals surface area contributed by atoms with E-state index in [0.29, 0.717) is 11.3 Å². The summed E-state index contributed by atoms with van der Waals surface area (Å²) in [5.41, 5.74) is 0.463. The Labute approximate surface area is 112 Å². The summed E-state index contributed by atoms with van der Waals surface area (Å²) in [4.78, 5) is 34.7. The quantitative estimate of drug-likeness (QED) is 0.559. The Morgan fingerprint density at radius 3 is 2.11 bits per heavy atom. The zero-order valence-electron chi connectivity index (χ0n) is 11.4. The number of hydrogen-bond acceptors (Lipinski definition) is 4. The highest BCUT2D eigenvalue weighted by Crippen LogP contribution is 2.18. The predicted octanol–water partition coefficient (Wildman–Crippen LogP) is 2.45. The molecule has 0 spiro atoms. The van der Waals surface area contributed by atoms with Crippen molar-refractivity contribution in [1.82, 2.24) is 0 Å². The van der Waals surface area contributed by atoms with Gasteiger partial charge in [0.05, 0.1) is 13.0 Å². The molecule has 1 unspecified atom stereocenters. The lowest BCUT2D eigenvalue weighted by atomic mass is 9.89. The third kappa shape index (κ3) is 4.32. The number of ketones is 3. The number of hydrogen-bond donors (Lipinski definition) is 0. The third-order valence-electron chi connectivity index (χ3n) is 2.97. The third-order valence-corrected chi connectivity index (χ3v) is 2.97. The van der Waals surface area contributed by atoms with Crippen LogP contribution in [0.1, 0.15) is 37.0 Å². The lowest BCUT2D eigenvalue weighted by molar-refractivity contribution is -0.120. The van der Waals surface area contributed by atoms with Crippen LogP contribution in [0.25, 0.3) is 0 Å². The fourth-order valence-corrected chi connectivity index (χ4v) is 1.82. The van der Waals surface area contributed by atoms with Gasteiger partial charge in [-0.2, -0.15) is 0 Å². The molecule has 0 amide bonds. The molecular formula is C15H18O4. The molecule has 0 aliphatic carbocycles. The number of methoxy groups -OCH3 is 1. The van der Waals surface area contributed by atoms with Crippen LogP contribution in [0.3, 0.4) is 0 Å². The van der Waals surface area contributed by atoms with Crippen molar-refractivity contribution < 1.29 is 19.1 Å². The standard InChI is InChI=1S/C15H18O4/c1-10(16)4-9-14(11(2)17)15(18)12-5-7-13(19-3)8-6-12/h5-8,14H,4,9H2,1-3H3. The number of rotatable bonds is 7. The van der Waals surface area contributed by atoms with Gasteiger partial charge in [0.15, 0.2) is 5.78 Å². The lowest BCUT2D eigenvalue weighted by Gasteiger charge is -2.12. The van der Waals surface area contributed by atoms with Gasteiger partial charge in [0.25, 0.3) is 0 Å². The van der Waals surface area contributed by atoms with Crippen molar-refractivity contribution in [3.8, 4) is 5.75 Å². The fourth-order valence-electron chi connectivity index (χ4n) is 1.82. The summed E-state index contributed by atoms with van der Waals surface area (Å²) in [6.45, 7) is 2.83. The summed E-state index contributed by atoms with van der Waals surface area (Å²) < 4.78 is 5.01. The fraction of sp³-hybridized carbons (Fsp3) is 0.400. The van der Waals surface area contributed by atoms with Gasteiger partial charge in [0, 0.05) is 12.0 Å². The average molecular weight is 262 g/mol. The molecule has 0 bridgehead atoms. The van der Waals surface area contributed by atoms with Crippen molar-refractivity contribution in [2.75, 3.05) is 7.11 Å². The predicted molar refractivity (Wildman–Crippen MR) is 71.4 cm³/mol. The molecule has 1 aromatic rings. The highest BCUT2D eigenvalue weighted by atomic mass is 16.5. The molecule has 19 heavy (non-hydrogen) atoms. The summed E-state index contributed by atoms with van der Waals surface area (Å²) in [5, 5.41) is 0. The van der Waals surface area contributed by atoms with Gasteiger partial charge in [-0.1, -0.05) is 0 Å². The van der Waals surface area contributed by atoms with Gasteiger partial charge in [-0.05, 0) is 44.5 Å².